The zero-order valence-corrected chi connectivity index (χ0v) is 25.9. The zero-order chi connectivity index (χ0) is 32.2. The van der Waals surface area contributed by atoms with Crippen LogP contribution in [0.1, 0.15) is 83.8 Å². The first-order valence-corrected chi connectivity index (χ1v) is 15.0. The molecular weight excluding hydrogens is 566 g/mol. The fourth-order valence-electron chi connectivity index (χ4n) is 4.90. The van der Waals surface area contributed by atoms with Crippen LogP contribution in [0, 0.1) is 29.9 Å². The molecule has 0 aliphatic heterocycles. The van der Waals surface area contributed by atoms with Gasteiger partial charge in [-0.1, -0.05) is 38.8 Å². The molecule has 3 rings (SSSR count). The Bertz CT molecular complexity index is 1420. The number of nitrogens with zero attached hydrogens (tertiary/aromatic N) is 2. The molecule has 3 N–H and O–H groups in total. The summed E-state index contributed by atoms with van der Waals surface area (Å²) in [7, 11) is 0. The molecule has 0 saturated carbocycles. The quantitative estimate of drug-likeness (QED) is 0.168. The molecule has 8 nitrogen and oxygen atoms in total. The Morgan fingerprint density at radius 2 is 1.68 bits per heavy atom. The Balaban J connectivity index is 1.82. The predicted molar refractivity (Wildman–Crippen MR) is 165 cm³/mol. The van der Waals surface area contributed by atoms with E-state index in [0.717, 1.165) is 31.0 Å². The number of rotatable bonds is 16. The minimum Gasteiger partial charge on any atom is -0.456 e. The van der Waals surface area contributed by atoms with Gasteiger partial charge in [-0.3, -0.25) is 4.79 Å². The van der Waals surface area contributed by atoms with Crippen molar-refractivity contribution in [3.63, 3.8) is 0 Å². The van der Waals surface area contributed by atoms with Crippen molar-refractivity contribution in [2.45, 2.75) is 72.1 Å². The Labute approximate surface area is 258 Å². The van der Waals surface area contributed by atoms with Gasteiger partial charge >= 0.3 is 5.97 Å². The van der Waals surface area contributed by atoms with Crippen molar-refractivity contribution in [2.24, 2.45) is 11.7 Å². The van der Waals surface area contributed by atoms with E-state index in [9.17, 15) is 18.4 Å². The van der Waals surface area contributed by atoms with Gasteiger partial charge in [0.05, 0.1) is 17.8 Å². The van der Waals surface area contributed by atoms with Crippen molar-refractivity contribution >= 4 is 11.9 Å². The van der Waals surface area contributed by atoms with Gasteiger partial charge in [-0.25, -0.2) is 13.6 Å². The maximum Gasteiger partial charge on any atom is 0.338 e. The lowest BCUT2D eigenvalue weighted by molar-refractivity contribution is 0.0237. The number of hydrogen-bond acceptors (Lipinski definition) is 7. The number of carbonyl (C=O) groups excluding carboxylic acids is 2. The lowest BCUT2D eigenvalue weighted by Crippen LogP contribution is -2.46. The van der Waals surface area contributed by atoms with E-state index in [1.807, 2.05) is 19.9 Å². The van der Waals surface area contributed by atoms with E-state index in [4.69, 9.17) is 21.4 Å². The van der Waals surface area contributed by atoms with Gasteiger partial charge in [0.15, 0.2) is 5.76 Å². The number of nitrogens with two attached hydrogens (primary N) is 1. The summed E-state index contributed by atoms with van der Waals surface area (Å²) in [5, 5.41) is 7.26. The van der Waals surface area contributed by atoms with Gasteiger partial charge in [-0.05, 0) is 67.5 Å². The van der Waals surface area contributed by atoms with E-state index >= 15 is 0 Å². The van der Waals surface area contributed by atoms with Crippen LogP contribution in [0.2, 0.25) is 0 Å². The molecule has 0 bridgehead atoms. The van der Waals surface area contributed by atoms with Crippen LogP contribution in [0.4, 0.5) is 8.78 Å². The minimum absolute atomic E-state index is 0.0340. The van der Waals surface area contributed by atoms with Gasteiger partial charge in [0.25, 0.3) is 5.91 Å². The number of carbonyl (C=O) groups is 2. The molecule has 2 unspecified atom stereocenters. The SMILES string of the molecule is C#Cc1cc(C(=O)OC(CNCc2cc(CC(C)C)no2)C(N)Cc2cc(F)cc(F)c2)cc(C(=O)N(CCC)CCC)c1. The molecule has 3 aromatic rings. The van der Waals surface area contributed by atoms with Crippen LogP contribution in [0.3, 0.4) is 0 Å². The number of amides is 1. The summed E-state index contributed by atoms with van der Waals surface area (Å²) >= 11 is 0. The van der Waals surface area contributed by atoms with E-state index in [1.165, 1.54) is 24.3 Å². The van der Waals surface area contributed by atoms with Gasteiger partial charge in [0.2, 0.25) is 0 Å². The standard InChI is InChI=1S/C34H42F2N4O4/c1-6-9-40(10-7-2)33(41)25-12-23(8-3)13-26(17-25)34(42)43-32(31(37)16-24-14-27(35)18-28(36)15-24)21-38-20-30-19-29(39-44-30)11-22(4)5/h3,12-15,17-19,22,31-32,38H,6-7,9-11,16,20-21,37H2,1-2,4-5H3. The highest BCUT2D eigenvalue weighted by molar-refractivity contribution is 5.98. The Morgan fingerprint density at radius 1 is 1.02 bits per heavy atom. The van der Waals surface area contributed by atoms with Crippen molar-refractivity contribution in [1.29, 1.82) is 0 Å². The third-order valence-corrected chi connectivity index (χ3v) is 6.86. The lowest BCUT2D eigenvalue weighted by Gasteiger charge is -2.25. The molecule has 1 amide bonds. The maximum absolute atomic E-state index is 13.9. The Hall–Kier alpha value is -4.07. The molecule has 0 aliphatic rings. The maximum atomic E-state index is 13.9. The summed E-state index contributed by atoms with van der Waals surface area (Å²) in [5.74, 6) is 1.09. The molecule has 2 atom stereocenters. The molecule has 236 valence electrons. The highest BCUT2D eigenvalue weighted by Crippen LogP contribution is 2.18. The molecule has 44 heavy (non-hydrogen) atoms. The first-order valence-electron chi connectivity index (χ1n) is 15.0. The summed E-state index contributed by atoms with van der Waals surface area (Å²) in [5.41, 5.74) is 8.35. The topological polar surface area (TPSA) is 111 Å². The monoisotopic (exact) mass is 608 g/mol. The molecule has 0 radical (unpaired) electrons. The van der Waals surface area contributed by atoms with Gasteiger partial charge in [-0.2, -0.15) is 0 Å². The van der Waals surface area contributed by atoms with Crippen molar-refractivity contribution < 1.29 is 27.6 Å². The third kappa shape index (κ3) is 10.3. The molecule has 1 aromatic heterocycles. The summed E-state index contributed by atoms with van der Waals surface area (Å²) in [6, 6.07) is 8.69. The fraction of sp³-hybridized carbons (Fsp3) is 0.441. The number of halogens is 2. The average molecular weight is 609 g/mol. The summed E-state index contributed by atoms with van der Waals surface area (Å²) < 4.78 is 39.0. The molecule has 1 heterocycles. The third-order valence-electron chi connectivity index (χ3n) is 6.86. The number of ether oxygens (including phenoxy) is 1. The predicted octanol–water partition coefficient (Wildman–Crippen LogP) is 5.28. The first kappa shape index (κ1) is 34.4. The number of aromatic nitrogens is 1. The molecule has 0 spiro atoms. The Kier molecular flexibility index (Phi) is 13.1. The molecule has 2 aromatic carbocycles. The van der Waals surface area contributed by atoms with Crippen LogP contribution < -0.4 is 11.1 Å². The lowest BCUT2D eigenvalue weighted by atomic mass is 10.0. The van der Waals surface area contributed by atoms with Crippen LogP contribution in [0.25, 0.3) is 0 Å². The molecule has 0 aliphatic carbocycles. The van der Waals surface area contributed by atoms with E-state index in [1.54, 1.807) is 11.0 Å². The largest absolute Gasteiger partial charge is 0.456 e. The van der Waals surface area contributed by atoms with Crippen LogP contribution >= 0.6 is 0 Å². The first-order chi connectivity index (χ1) is 21.0. The molecular formula is C34H42F2N4O4. The summed E-state index contributed by atoms with van der Waals surface area (Å²) in [4.78, 5) is 28.5. The van der Waals surface area contributed by atoms with Crippen molar-refractivity contribution in [3.8, 4) is 12.3 Å². The number of benzene rings is 2. The molecule has 10 heteroatoms. The number of terminal acetylenes is 1. The van der Waals surface area contributed by atoms with Crippen LogP contribution in [0.5, 0.6) is 0 Å². The van der Waals surface area contributed by atoms with Crippen LogP contribution in [-0.2, 0) is 24.1 Å². The van der Waals surface area contributed by atoms with Crippen LogP contribution in [0.15, 0.2) is 47.0 Å². The second kappa shape index (κ2) is 16.7. The normalized spacial score (nSPS) is 12.5. The van der Waals surface area contributed by atoms with Crippen LogP contribution in [-0.4, -0.2) is 53.7 Å². The number of esters is 1. The Morgan fingerprint density at radius 3 is 2.30 bits per heavy atom. The van der Waals surface area contributed by atoms with Crippen molar-refractivity contribution in [3.05, 3.63) is 87.8 Å². The van der Waals surface area contributed by atoms with Gasteiger partial charge in [0.1, 0.15) is 17.7 Å². The van der Waals surface area contributed by atoms with E-state index in [0.29, 0.717) is 35.9 Å². The van der Waals surface area contributed by atoms with E-state index < -0.39 is 29.7 Å². The highest BCUT2D eigenvalue weighted by atomic mass is 19.1. The second-order valence-corrected chi connectivity index (χ2v) is 11.3. The zero-order valence-electron chi connectivity index (χ0n) is 25.9. The molecule has 0 fully saturated rings. The highest BCUT2D eigenvalue weighted by Gasteiger charge is 2.25. The van der Waals surface area contributed by atoms with E-state index in [2.05, 4.69) is 30.2 Å². The molecule has 0 saturated heterocycles. The number of hydrogen-bond donors (Lipinski definition) is 2. The average Bonchev–Trinajstić information content (AvgIpc) is 3.41. The second-order valence-electron chi connectivity index (χ2n) is 11.3. The smallest absolute Gasteiger partial charge is 0.338 e. The van der Waals surface area contributed by atoms with Gasteiger partial charge in [0, 0.05) is 48.9 Å². The van der Waals surface area contributed by atoms with E-state index in [-0.39, 0.29) is 36.5 Å². The number of nitrogens with one attached hydrogen (secondary N) is 1. The van der Waals surface area contributed by atoms with Gasteiger partial charge < -0.3 is 25.2 Å². The summed E-state index contributed by atoms with van der Waals surface area (Å²) in [6.45, 7) is 9.67. The fourth-order valence-corrected chi connectivity index (χ4v) is 4.90. The minimum atomic E-state index is -0.919. The summed E-state index contributed by atoms with van der Waals surface area (Å²) in [6.07, 6.45) is 7.11. The van der Waals surface area contributed by atoms with Gasteiger partial charge in [-0.15, -0.1) is 6.42 Å². The van der Waals surface area contributed by atoms with Crippen molar-refractivity contribution in [2.75, 3.05) is 19.6 Å². The van der Waals surface area contributed by atoms with Crippen molar-refractivity contribution in [1.82, 2.24) is 15.4 Å².